The van der Waals surface area contributed by atoms with Crippen molar-refractivity contribution in [2.75, 3.05) is 50.5 Å². The maximum atomic E-state index is 9.70. The molecule has 0 amide bonds. The summed E-state index contributed by atoms with van der Waals surface area (Å²) in [5, 5.41) is 33.7. The maximum Gasteiger partial charge on any atom is 0.225 e. The van der Waals surface area contributed by atoms with E-state index in [-0.39, 0.29) is 6.10 Å². The van der Waals surface area contributed by atoms with E-state index < -0.39 is 11.8 Å². The Morgan fingerprint density at radius 3 is 1.92 bits per heavy atom. The van der Waals surface area contributed by atoms with Crippen LogP contribution in [-0.2, 0) is 0 Å². The zero-order valence-corrected chi connectivity index (χ0v) is 28.8. The van der Waals surface area contributed by atoms with Crippen molar-refractivity contribution < 1.29 is 5.11 Å². The first kappa shape index (κ1) is 33.8. The lowest BCUT2D eigenvalue weighted by Gasteiger charge is -2.29. The van der Waals surface area contributed by atoms with Gasteiger partial charge in [-0.1, -0.05) is 24.3 Å². The van der Waals surface area contributed by atoms with Gasteiger partial charge in [-0.05, 0) is 63.3 Å². The number of nitrogens with zero attached hydrogens (tertiary/aromatic N) is 10. The third-order valence-corrected chi connectivity index (χ3v) is 10.1. The second-order valence-corrected chi connectivity index (χ2v) is 13.8. The van der Waals surface area contributed by atoms with Gasteiger partial charge in [0.15, 0.2) is 0 Å². The Balaban J connectivity index is 0.000000170. The monoisotopic (exact) mass is 689 g/mol. The molecule has 2 N–H and O–H groups in total. The van der Waals surface area contributed by atoms with Crippen LogP contribution in [0.3, 0.4) is 0 Å². The molecule has 248 valence electrons. The summed E-state index contributed by atoms with van der Waals surface area (Å²) in [6.07, 6.45) is 4.56. The Kier molecular flexibility index (Phi) is 10.9. The number of nitrogens with one attached hydrogen (secondary N) is 1. The summed E-state index contributed by atoms with van der Waals surface area (Å²) < 4.78 is 2.14. The molecule has 0 saturated carbocycles. The molecule has 49 heavy (non-hydrogen) atoms. The maximum absolute atomic E-state index is 9.70. The summed E-state index contributed by atoms with van der Waals surface area (Å²) in [6, 6.07) is 24.0. The van der Waals surface area contributed by atoms with Crippen molar-refractivity contribution in [3.05, 3.63) is 94.5 Å². The number of aliphatic hydroxyl groups is 1. The number of aromatic nitrogens is 6. The number of fused-ring (bicyclic) bond motifs is 2. The lowest BCUT2D eigenvalue weighted by molar-refractivity contribution is 0.145. The number of para-hydroxylation sites is 2. The first-order valence-corrected chi connectivity index (χ1v) is 17.5. The van der Waals surface area contributed by atoms with Crippen LogP contribution in [0.15, 0.2) is 73.1 Å². The molecule has 4 aromatic heterocycles. The Hall–Kier alpha value is -5.12. The molecule has 0 bridgehead atoms. The number of anilines is 2. The molecule has 14 heteroatoms. The fourth-order valence-corrected chi connectivity index (χ4v) is 7.32. The number of aliphatic hydroxyl groups excluding tert-OH is 1. The number of nitriles is 2. The van der Waals surface area contributed by atoms with Crippen LogP contribution < -0.4 is 10.2 Å². The lowest BCUT2D eigenvalue weighted by atomic mass is 10.1. The molecule has 1 aliphatic rings. The second-order valence-electron chi connectivity index (χ2n) is 11.7. The van der Waals surface area contributed by atoms with E-state index in [0.717, 1.165) is 56.6 Å². The average Bonchev–Trinajstić information content (AvgIpc) is 3.74. The normalized spacial score (nSPS) is 14.5. The molecule has 1 saturated heterocycles. The minimum atomic E-state index is -0.505. The molecule has 2 atom stereocenters. The largest absolute Gasteiger partial charge is 0.393 e. The second kappa shape index (κ2) is 15.9. The van der Waals surface area contributed by atoms with Crippen LogP contribution in [0.4, 0.5) is 11.9 Å². The number of benzene rings is 2. The van der Waals surface area contributed by atoms with Crippen molar-refractivity contribution >= 4 is 55.0 Å². The van der Waals surface area contributed by atoms with Gasteiger partial charge in [0.25, 0.3) is 0 Å². The van der Waals surface area contributed by atoms with Crippen molar-refractivity contribution in [2.24, 2.45) is 0 Å². The van der Waals surface area contributed by atoms with Gasteiger partial charge in [-0.3, -0.25) is 0 Å². The van der Waals surface area contributed by atoms with Crippen molar-refractivity contribution in [3.63, 3.8) is 0 Å². The van der Waals surface area contributed by atoms with E-state index in [2.05, 4.69) is 57.2 Å². The fourth-order valence-electron chi connectivity index (χ4n) is 5.27. The van der Waals surface area contributed by atoms with E-state index in [1.165, 1.54) is 22.7 Å². The van der Waals surface area contributed by atoms with Crippen LogP contribution in [-0.4, -0.2) is 86.3 Å². The topological polar surface area (TPSA) is 164 Å². The van der Waals surface area contributed by atoms with Gasteiger partial charge in [0.2, 0.25) is 11.9 Å². The minimum Gasteiger partial charge on any atom is -0.393 e. The summed E-state index contributed by atoms with van der Waals surface area (Å²) in [6.45, 7) is 3.08. The molecule has 2 unspecified atom stereocenters. The van der Waals surface area contributed by atoms with E-state index >= 15 is 0 Å². The predicted octanol–water partition coefficient (Wildman–Crippen LogP) is 5.42. The highest BCUT2D eigenvalue weighted by Gasteiger charge is 2.24. The van der Waals surface area contributed by atoms with Crippen molar-refractivity contribution in [1.29, 1.82) is 10.5 Å². The highest BCUT2D eigenvalue weighted by atomic mass is 32.1. The fraction of sp³-hybridized carbons (Fsp3) is 0.314. The van der Waals surface area contributed by atoms with Crippen LogP contribution in [0.25, 0.3) is 20.4 Å². The summed E-state index contributed by atoms with van der Waals surface area (Å²) >= 11 is 3.06. The molecular weight excluding hydrogens is 655 g/mol. The van der Waals surface area contributed by atoms with E-state index in [0.29, 0.717) is 36.1 Å². The summed E-state index contributed by atoms with van der Waals surface area (Å²) in [5.41, 5.74) is 3.15. The first-order valence-electron chi connectivity index (χ1n) is 15.9. The van der Waals surface area contributed by atoms with E-state index in [1.807, 2.05) is 62.6 Å². The molecular formula is C35H35N11OS2. The summed E-state index contributed by atoms with van der Waals surface area (Å²) in [7, 11) is 4.02. The van der Waals surface area contributed by atoms with Gasteiger partial charge in [-0.2, -0.15) is 10.5 Å². The Labute approximate surface area is 292 Å². The smallest absolute Gasteiger partial charge is 0.225 e. The number of likely N-dealkylation sites (N-methyl/N-ethyl adjacent to an activating group) is 1. The Morgan fingerprint density at radius 2 is 1.37 bits per heavy atom. The van der Waals surface area contributed by atoms with Crippen LogP contribution in [0.5, 0.6) is 0 Å². The number of hydrogen-bond acceptors (Lipinski definition) is 14. The standard InChI is InChI=1S/C18H17N5OS.C17H18N6S/c19-11-13(17-21-15-3-1-2-4-16(15)25-17)14-5-8-20-18(22-14)23-9-6-12(24)7-10-23;1-23(2)10-9-20-17-19-8-7-13(22-17)12(11-18)16-21-14-5-3-4-6-15(14)24-16/h1-5,8,12-13,24H,6-7,9-10H2;3-8,12H,9-10H2,1-2H3,(H,19,20,22). The van der Waals surface area contributed by atoms with Crippen LogP contribution >= 0.6 is 22.7 Å². The molecule has 0 radical (unpaired) electrons. The third-order valence-electron chi connectivity index (χ3n) is 7.90. The molecule has 0 spiro atoms. The highest BCUT2D eigenvalue weighted by Crippen LogP contribution is 2.32. The molecule has 7 rings (SSSR count). The van der Waals surface area contributed by atoms with E-state index in [9.17, 15) is 15.6 Å². The molecule has 12 nitrogen and oxygen atoms in total. The Morgan fingerprint density at radius 1 is 0.816 bits per heavy atom. The van der Waals surface area contributed by atoms with Crippen molar-refractivity contribution in [1.82, 2.24) is 34.8 Å². The number of hydrogen-bond donors (Lipinski definition) is 2. The van der Waals surface area contributed by atoms with E-state index in [4.69, 9.17) is 0 Å². The number of thiazole rings is 2. The van der Waals surface area contributed by atoms with Gasteiger partial charge in [0.05, 0.1) is 50.1 Å². The van der Waals surface area contributed by atoms with E-state index in [1.54, 1.807) is 24.5 Å². The van der Waals surface area contributed by atoms with Gasteiger partial charge in [-0.15, -0.1) is 22.7 Å². The van der Waals surface area contributed by atoms with Gasteiger partial charge < -0.3 is 20.2 Å². The minimum absolute atomic E-state index is 0.242. The SMILES string of the molecule is CN(C)CCNc1nccc(C(C#N)c2nc3ccccc3s2)n1.N#CC(c1ccnc(N2CCC(O)CC2)n1)c1nc2ccccc2s1. The summed E-state index contributed by atoms with van der Waals surface area (Å²) in [4.78, 5) is 31.0. The van der Waals surface area contributed by atoms with Crippen molar-refractivity contribution in [2.45, 2.75) is 30.8 Å². The zero-order valence-electron chi connectivity index (χ0n) is 27.1. The molecule has 1 aliphatic heterocycles. The molecule has 0 aliphatic carbocycles. The van der Waals surface area contributed by atoms with Gasteiger partial charge in [-0.25, -0.2) is 29.9 Å². The highest BCUT2D eigenvalue weighted by molar-refractivity contribution is 7.19. The van der Waals surface area contributed by atoms with Gasteiger partial charge in [0.1, 0.15) is 21.9 Å². The average molecular weight is 690 g/mol. The quantitative estimate of drug-likeness (QED) is 0.199. The van der Waals surface area contributed by atoms with Crippen LogP contribution in [0.1, 0.15) is 46.1 Å². The summed E-state index contributed by atoms with van der Waals surface area (Å²) in [5.74, 6) is 0.163. The molecule has 5 heterocycles. The molecule has 2 aromatic carbocycles. The number of piperidine rings is 1. The van der Waals surface area contributed by atoms with Crippen molar-refractivity contribution in [3.8, 4) is 12.1 Å². The predicted molar refractivity (Wildman–Crippen MR) is 193 cm³/mol. The molecule has 1 fully saturated rings. The molecule has 6 aromatic rings. The lowest BCUT2D eigenvalue weighted by Crippen LogP contribution is -2.37. The van der Waals surface area contributed by atoms with Gasteiger partial charge >= 0.3 is 0 Å². The third kappa shape index (κ3) is 8.31. The Bertz CT molecular complexity index is 2030. The van der Waals surface area contributed by atoms with Gasteiger partial charge in [0, 0.05) is 38.6 Å². The van der Waals surface area contributed by atoms with Crippen LogP contribution in [0, 0.1) is 22.7 Å². The van der Waals surface area contributed by atoms with Crippen LogP contribution in [0.2, 0.25) is 0 Å². The first-order chi connectivity index (χ1) is 23.9. The number of rotatable bonds is 9. The zero-order chi connectivity index (χ0) is 34.2.